The Morgan fingerprint density at radius 3 is 2.43 bits per heavy atom. The van der Waals surface area contributed by atoms with Gasteiger partial charge in [0.05, 0.1) is 10.5 Å². The summed E-state index contributed by atoms with van der Waals surface area (Å²) in [6.07, 6.45) is -2.74. The fourth-order valence-electron chi connectivity index (χ4n) is 2.26. The SMILES string of the molecule is O=S(=O)(NCCC1CCNC1)c1ccc(C(F)(F)F)cc1. The van der Waals surface area contributed by atoms with Crippen molar-refractivity contribution in [3.05, 3.63) is 29.8 Å². The van der Waals surface area contributed by atoms with Gasteiger partial charge in [-0.3, -0.25) is 0 Å². The van der Waals surface area contributed by atoms with Crippen molar-refractivity contribution in [2.24, 2.45) is 5.92 Å². The summed E-state index contributed by atoms with van der Waals surface area (Å²) >= 11 is 0. The minimum atomic E-state index is -4.47. The maximum absolute atomic E-state index is 12.4. The number of rotatable bonds is 5. The highest BCUT2D eigenvalue weighted by Crippen LogP contribution is 2.29. The largest absolute Gasteiger partial charge is 0.416 e. The smallest absolute Gasteiger partial charge is 0.316 e. The molecule has 0 saturated carbocycles. The Balaban J connectivity index is 1.95. The molecule has 1 aromatic carbocycles. The van der Waals surface area contributed by atoms with E-state index in [1.165, 1.54) is 0 Å². The highest BCUT2D eigenvalue weighted by atomic mass is 32.2. The minimum absolute atomic E-state index is 0.153. The topological polar surface area (TPSA) is 58.2 Å². The Bertz CT molecular complexity index is 564. The van der Waals surface area contributed by atoms with Crippen LogP contribution in [0.4, 0.5) is 13.2 Å². The number of hydrogen-bond donors (Lipinski definition) is 2. The Morgan fingerprint density at radius 1 is 1.24 bits per heavy atom. The maximum Gasteiger partial charge on any atom is 0.416 e. The third-order valence-corrected chi connectivity index (χ3v) is 4.98. The molecule has 0 bridgehead atoms. The fraction of sp³-hybridized carbons (Fsp3) is 0.538. The lowest BCUT2D eigenvalue weighted by Gasteiger charge is -2.11. The van der Waals surface area contributed by atoms with Gasteiger partial charge in [-0.05, 0) is 56.1 Å². The first-order chi connectivity index (χ1) is 9.79. The van der Waals surface area contributed by atoms with E-state index in [0.29, 0.717) is 12.3 Å². The lowest BCUT2D eigenvalue weighted by atomic mass is 10.1. The second-order valence-corrected chi connectivity index (χ2v) is 6.83. The average Bonchev–Trinajstić information content (AvgIpc) is 2.91. The van der Waals surface area contributed by atoms with Crippen molar-refractivity contribution in [2.45, 2.75) is 23.9 Å². The van der Waals surface area contributed by atoms with Crippen molar-refractivity contribution >= 4 is 10.0 Å². The normalized spacial score (nSPS) is 19.9. The summed E-state index contributed by atoms with van der Waals surface area (Å²) in [6.45, 7) is 2.11. The second-order valence-electron chi connectivity index (χ2n) is 5.07. The molecular formula is C13H17F3N2O2S. The van der Waals surface area contributed by atoms with Crippen LogP contribution < -0.4 is 10.0 Å². The quantitative estimate of drug-likeness (QED) is 0.871. The van der Waals surface area contributed by atoms with Gasteiger partial charge in [0, 0.05) is 6.54 Å². The third-order valence-electron chi connectivity index (χ3n) is 3.50. The van der Waals surface area contributed by atoms with Crippen LogP contribution in [0.25, 0.3) is 0 Å². The zero-order valence-electron chi connectivity index (χ0n) is 11.3. The molecule has 0 spiro atoms. The first kappa shape index (κ1) is 16.3. The van der Waals surface area contributed by atoms with Crippen LogP contribution in [0.3, 0.4) is 0 Å². The Morgan fingerprint density at radius 2 is 1.90 bits per heavy atom. The van der Waals surface area contributed by atoms with Crippen molar-refractivity contribution in [2.75, 3.05) is 19.6 Å². The van der Waals surface area contributed by atoms with E-state index in [2.05, 4.69) is 10.0 Å². The van der Waals surface area contributed by atoms with Crippen molar-refractivity contribution in [1.82, 2.24) is 10.0 Å². The molecule has 21 heavy (non-hydrogen) atoms. The standard InChI is InChI=1S/C13H17F3N2O2S/c14-13(15,16)11-1-3-12(4-2-11)21(19,20)18-8-6-10-5-7-17-9-10/h1-4,10,17-18H,5-9H2. The molecule has 2 N–H and O–H groups in total. The van der Waals surface area contributed by atoms with Crippen LogP contribution in [0.5, 0.6) is 0 Å². The predicted molar refractivity (Wildman–Crippen MR) is 72.2 cm³/mol. The second kappa shape index (κ2) is 6.33. The van der Waals surface area contributed by atoms with E-state index in [4.69, 9.17) is 0 Å². The summed E-state index contributed by atoms with van der Waals surface area (Å²) in [5, 5.41) is 3.19. The fourth-order valence-corrected chi connectivity index (χ4v) is 3.31. The molecule has 0 aliphatic carbocycles. The lowest BCUT2D eigenvalue weighted by molar-refractivity contribution is -0.137. The van der Waals surface area contributed by atoms with E-state index in [1.54, 1.807) is 0 Å². The van der Waals surface area contributed by atoms with Gasteiger partial charge in [-0.15, -0.1) is 0 Å². The lowest BCUT2D eigenvalue weighted by Crippen LogP contribution is -2.26. The Labute approximate surface area is 121 Å². The first-order valence-corrected chi connectivity index (χ1v) is 8.15. The van der Waals surface area contributed by atoms with E-state index in [1.807, 2.05) is 0 Å². The molecule has 0 radical (unpaired) electrons. The minimum Gasteiger partial charge on any atom is -0.316 e. The van der Waals surface area contributed by atoms with Crippen molar-refractivity contribution in [1.29, 1.82) is 0 Å². The number of halogens is 3. The number of hydrogen-bond acceptors (Lipinski definition) is 3. The number of nitrogens with one attached hydrogen (secondary N) is 2. The zero-order chi connectivity index (χ0) is 15.5. The predicted octanol–water partition coefficient (Wildman–Crippen LogP) is 1.98. The summed E-state index contributed by atoms with van der Waals surface area (Å²) in [4.78, 5) is -0.153. The average molecular weight is 322 g/mol. The summed E-state index contributed by atoms with van der Waals surface area (Å²) in [5.74, 6) is 0.445. The highest BCUT2D eigenvalue weighted by Gasteiger charge is 2.30. The number of benzene rings is 1. The van der Waals surface area contributed by atoms with Gasteiger partial charge >= 0.3 is 6.18 Å². The molecule has 1 heterocycles. The van der Waals surface area contributed by atoms with Gasteiger partial charge < -0.3 is 5.32 Å². The van der Waals surface area contributed by atoms with Crippen LogP contribution in [0.2, 0.25) is 0 Å². The molecule has 118 valence electrons. The van der Waals surface area contributed by atoms with Crippen LogP contribution >= 0.6 is 0 Å². The van der Waals surface area contributed by atoms with Crippen molar-refractivity contribution in [3.63, 3.8) is 0 Å². The van der Waals surface area contributed by atoms with Gasteiger partial charge in [0.15, 0.2) is 0 Å². The third kappa shape index (κ3) is 4.42. The Hall–Kier alpha value is -1.12. The molecule has 1 aliphatic rings. The van der Waals surface area contributed by atoms with Gasteiger partial charge in [0.1, 0.15) is 0 Å². The van der Waals surface area contributed by atoms with E-state index < -0.39 is 21.8 Å². The van der Waals surface area contributed by atoms with Crippen LogP contribution in [-0.4, -0.2) is 28.1 Å². The molecule has 4 nitrogen and oxygen atoms in total. The molecule has 0 aromatic heterocycles. The summed E-state index contributed by atoms with van der Waals surface area (Å²) in [6, 6.07) is 3.50. The van der Waals surface area contributed by atoms with Gasteiger partial charge in [0.2, 0.25) is 10.0 Å². The van der Waals surface area contributed by atoms with Gasteiger partial charge in [-0.1, -0.05) is 0 Å². The summed E-state index contributed by atoms with van der Waals surface area (Å²) in [5.41, 5.74) is -0.863. The molecule has 1 aliphatic heterocycles. The van der Waals surface area contributed by atoms with Gasteiger partial charge in [-0.25, -0.2) is 13.1 Å². The first-order valence-electron chi connectivity index (χ1n) is 6.67. The van der Waals surface area contributed by atoms with E-state index in [9.17, 15) is 21.6 Å². The molecule has 1 unspecified atom stereocenters. The molecule has 1 fully saturated rings. The van der Waals surface area contributed by atoms with Crippen LogP contribution in [0.1, 0.15) is 18.4 Å². The van der Waals surface area contributed by atoms with E-state index in [0.717, 1.165) is 43.8 Å². The monoisotopic (exact) mass is 322 g/mol. The molecule has 2 rings (SSSR count). The maximum atomic E-state index is 12.4. The molecular weight excluding hydrogens is 305 g/mol. The molecule has 1 aromatic rings. The summed E-state index contributed by atoms with van der Waals surface area (Å²) < 4.78 is 63.6. The number of alkyl halides is 3. The highest BCUT2D eigenvalue weighted by molar-refractivity contribution is 7.89. The van der Waals surface area contributed by atoms with E-state index in [-0.39, 0.29) is 11.4 Å². The summed E-state index contributed by atoms with van der Waals surface area (Å²) in [7, 11) is -3.75. The van der Waals surface area contributed by atoms with Crippen molar-refractivity contribution < 1.29 is 21.6 Å². The van der Waals surface area contributed by atoms with Crippen molar-refractivity contribution in [3.8, 4) is 0 Å². The Kier molecular flexibility index (Phi) is 4.90. The molecule has 0 amide bonds. The van der Waals surface area contributed by atoms with E-state index >= 15 is 0 Å². The number of sulfonamides is 1. The molecule has 1 saturated heterocycles. The molecule has 1 atom stereocenters. The zero-order valence-corrected chi connectivity index (χ0v) is 12.1. The van der Waals surface area contributed by atoms with Crippen LogP contribution in [0.15, 0.2) is 29.2 Å². The van der Waals surface area contributed by atoms with Crippen LogP contribution in [-0.2, 0) is 16.2 Å². The van der Waals surface area contributed by atoms with Gasteiger partial charge in [0.25, 0.3) is 0 Å². The van der Waals surface area contributed by atoms with Gasteiger partial charge in [-0.2, -0.15) is 13.2 Å². The van der Waals surface area contributed by atoms with Crippen LogP contribution in [0, 0.1) is 5.92 Å². The molecule has 8 heteroatoms.